The molecule has 0 radical (unpaired) electrons. The summed E-state index contributed by atoms with van der Waals surface area (Å²) >= 11 is 0. The van der Waals surface area contributed by atoms with Crippen molar-refractivity contribution in [3.8, 4) is 5.75 Å². The number of urea groups is 1. The predicted octanol–water partition coefficient (Wildman–Crippen LogP) is 4.06. The number of nitrogens with zero attached hydrogens (tertiary/aromatic N) is 2. The fourth-order valence-corrected chi connectivity index (χ4v) is 3.14. The third-order valence-electron chi connectivity index (χ3n) is 4.84. The van der Waals surface area contributed by atoms with Crippen LogP contribution in [0.25, 0.3) is 0 Å². The first-order valence-electron chi connectivity index (χ1n) is 9.59. The van der Waals surface area contributed by atoms with E-state index in [0.29, 0.717) is 13.0 Å². The van der Waals surface area contributed by atoms with Crippen LogP contribution in [0.4, 0.5) is 4.79 Å². The molecule has 0 saturated carbocycles. The van der Waals surface area contributed by atoms with Crippen molar-refractivity contribution < 1.29 is 14.3 Å². The van der Waals surface area contributed by atoms with Crippen LogP contribution in [0.5, 0.6) is 5.75 Å². The maximum Gasteiger partial charge on any atom is 0.346 e. The minimum absolute atomic E-state index is 0.373. The lowest BCUT2D eigenvalue weighted by atomic mass is 9.87. The van der Waals surface area contributed by atoms with Gasteiger partial charge in [0.1, 0.15) is 11.3 Å². The SMILES string of the molecule is CCCCOc1ccc(/C=N\N2C(=O)N[C@](CC)(c3ccccc3)C2=O)cc1. The molecule has 0 aromatic heterocycles. The summed E-state index contributed by atoms with van der Waals surface area (Å²) in [6, 6.07) is 16.1. The van der Waals surface area contributed by atoms with Gasteiger partial charge in [0, 0.05) is 0 Å². The average molecular weight is 379 g/mol. The van der Waals surface area contributed by atoms with E-state index in [9.17, 15) is 9.59 Å². The molecule has 6 nitrogen and oxygen atoms in total. The molecule has 146 valence electrons. The molecule has 0 bridgehead atoms. The molecule has 3 rings (SSSR count). The first kappa shape index (κ1) is 19.6. The standard InChI is InChI=1S/C22H25N3O3/c1-3-5-15-28-19-13-11-17(12-14-19)16-23-25-20(26)22(4-2,24-21(25)27)18-9-7-6-8-10-18/h6-14,16H,3-5,15H2,1-2H3,(H,24,27)/b23-16-/t22-/m1/s1. The normalized spacial score (nSPS) is 19.3. The highest BCUT2D eigenvalue weighted by Gasteiger charge is 2.51. The van der Waals surface area contributed by atoms with Gasteiger partial charge in [-0.3, -0.25) is 4.79 Å². The Kier molecular flexibility index (Phi) is 6.09. The van der Waals surface area contributed by atoms with E-state index in [0.717, 1.165) is 34.7 Å². The Morgan fingerprint density at radius 3 is 2.43 bits per heavy atom. The van der Waals surface area contributed by atoms with Crippen LogP contribution in [0.1, 0.15) is 44.2 Å². The summed E-state index contributed by atoms with van der Waals surface area (Å²) in [4.78, 5) is 25.4. The molecule has 1 atom stereocenters. The second kappa shape index (κ2) is 8.69. The van der Waals surface area contributed by atoms with Gasteiger partial charge in [0.25, 0.3) is 5.91 Å². The third-order valence-corrected chi connectivity index (χ3v) is 4.84. The summed E-state index contributed by atoms with van der Waals surface area (Å²) in [5.74, 6) is 0.414. The summed E-state index contributed by atoms with van der Waals surface area (Å²) in [5.41, 5.74) is 0.450. The van der Waals surface area contributed by atoms with E-state index in [1.54, 1.807) is 0 Å². The summed E-state index contributed by atoms with van der Waals surface area (Å²) in [7, 11) is 0. The van der Waals surface area contributed by atoms with E-state index >= 15 is 0 Å². The summed E-state index contributed by atoms with van der Waals surface area (Å²) < 4.78 is 5.63. The van der Waals surface area contributed by atoms with Crippen LogP contribution < -0.4 is 10.1 Å². The van der Waals surface area contributed by atoms with E-state index in [1.807, 2.05) is 61.5 Å². The van der Waals surface area contributed by atoms with Gasteiger partial charge in [0.05, 0.1) is 12.8 Å². The molecule has 1 aliphatic heterocycles. The highest BCUT2D eigenvalue weighted by atomic mass is 16.5. The molecule has 1 N–H and O–H groups in total. The summed E-state index contributed by atoms with van der Waals surface area (Å²) in [6.45, 7) is 4.67. The molecule has 0 unspecified atom stereocenters. The van der Waals surface area contributed by atoms with Crippen molar-refractivity contribution in [1.29, 1.82) is 0 Å². The van der Waals surface area contributed by atoms with E-state index < -0.39 is 11.6 Å². The molecule has 1 aliphatic rings. The molecule has 28 heavy (non-hydrogen) atoms. The molecule has 6 heteroatoms. The lowest BCUT2D eigenvalue weighted by Gasteiger charge is -2.24. The fraction of sp³-hybridized carbons (Fsp3) is 0.318. The number of hydrogen-bond acceptors (Lipinski definition) is 4. The molecular formula is C22H25N3O3. The topological polar surface area (TPSA) is 71.0 Å². The second-order valence-corrected chi connectivity index (χ2v) is 6.69. The maximum absolute atomic E-state index is 13.0. The maximum atomic E-state index is 13.0. The Balaban J connectivity index is 1.74. The van der Waals surface area contributed by atoms with E-state index in [4.69, 9.17) is 4.74 Å². The number of hydrogen-bond donors (Lipinski definition) is 1. The van der Waals surface area contributed by atoms with Gasteiger partial charge >= 0.3 is 6.03 Å². The molecule has 1 saturated heterocycles. The Morgan fingerprint density at radius 1 is 1.07 bits per heavy atom. The largest absolute Gasteiger partial charge is 0.494 e. The first-order chi connectivity index (χ1) is 13.6. The molecule has 3 amide bonds. The van der Waals surface area contributed by atoms with Crippen molar-refractivity contribution in [2.75, 3.05) is 6.61 Å². The monoisotopic (exact) mass is 379 g/mol. The number of rotatable bonds is 8. The van der Waals surface area contributed by atoms with Crippen molar-refractivity contribution >= 4 is 18.2 Å². The van der Waals surface area contributed by atoms with Crippen LogP contribution in [0.15, 0.2) is 59.7 Å². The zero-order chi connectivity index (χ0) is 20.0. The Labute approximate surface area is 165 Å². The number of unbranched alkanes of at least 4 members (excludes halogenated alkanes) is 1. The quantitative estimate of drug-likeness (QED) is 0.427. The van der Waals surface area contributed by atoms with Gasteiger partial charge in [-0.25, -0.2) is 4.79 Å². The van der Waals surface area contributed by atoms with E-state index in [1.165, 1.54) is 6.21 Å². The van der Waals surface area contributed by atoms with Gasteiger partial charge in [-0.15, -0.1) is 5.01 Å². The summed E-state index contributed by atoms with van der Waals surface area (Å²) in [6.07, 6.45) is 4.04. The van der Waals surface area contributed by atoms with Crippen LogP contribution >= 0.6 is 0 Å². The van der Waals surface area contributed by atoms with Gasteiger partial charge in [-0.1, -0.05) is 50.6 Å². The molecule has 1 heterocycles. The van der Waals surface area contributed by atoms with Crippen molar-refractivity contribution in [2.24, 2.45) is 5.10 Å². The predicted molar refractivity (Wildman–Crippen MR) is 108 cm³/mol. The van der Waals surface area contributed by atoms with Crippen molar-refractivity contribution in [3.05, 3.63) is 65.7 Å². The lowest BCUT2D eigenvalue weighted by molar-refractivity contribution is -0.131. The van der Waals surface area contributed by atoms with Crippen molar-refractivity contribution in [3.63, 3.8) is 0 Å². The van der Waals surface area contributed by atoms with E-state index in [-0.39, 0.29) is 5.91 Å². The second-order valence-electron chi connectivity index (χ2n) is 6.69. The number of hydrazone groups is 1. The van der Waals surface area contributed by atoms with Crippen molar-refractivity contribution in [2.45, 2.75) is 38.6 Å². The van der Waals surface area contributed by atoms with Crippen LogP contribution in [-0.2, 0) is 10.3 Å². The third kappa shape index (κ3) is 3.91. The molecule has 2 aromatic rings. The van der Waals surface area contributed by atoms with Gasteiger partial charge in [0.15, 0.2) is 0 Å². The smallest absolute Gasteiger partial charge is 0.346 e. The van der Waals surface area contributed by atoms with Gasteiger partial charge < -0.3 is 10.1 Å². The lowest BCUT2D eigenvalue weighted by Crippen LogP contribution is -2.43. The Hall–Kier alpha value is -3.15. The zero-order valence-electron chi connectivity index (χ0n) is 16.2. The molecular weight excluding hydrogens is 354 g/mol. The highest BCUT2D eigenvalue weighted by molar-refractivity contribution is 6.07. The van der Waals surface area contributed by atoms with Crippen LogP contribution in [0.2, 0.25) is 0 Å². The average Bonchev–Trinajstić information content (AvgIpc) is 2.98. The van der Waals surface area contributed by atoms with Gasteiger partial charge in [-0.2, -0.15) is 5.10 Å². The van der Waals surface area contributed by atoms with Crippen LogP contribution in [-0.4, -0.2) is 29.8 Å². The Morgan fingerprint density at radius 2 is 1.79 bits per heavy atom. The molecule has 0 spiro atoms. The van der Waals surface area contributed by atoms with Gasteiger partial charge in [-0.05, 0) is 48.2 Å². The molecule has 1 fully saturated rings. The number of amides is 3. The highest BCUT2D eigenvalue weighted by Crippen LogP contribution is 2.32. The summed E-state index contributed by atoms with van der Waals surface area (Å²) in [5, 5.41) is 7.85. The van der Waals surface area contributed by atoms with E-state index in [2.05, 4.69) is 17.3 Å². The van der Waals surface area contributed by atoms with Crippen LogP contribution in [0.3, 0.4) is 0 Å². The first-order valence-corrected chi connectivity index (χ1v) is 9.59. The minimum atomic E-state index is -1.08. The van der Waals surface area contributed by atoms with Crippen molar-refractivity contribution in [1.82, 2.24) is 10.3 Å². The number of nitrogens with one attached hydrogen (secondary N) is 1. The van der Waals surface area contributed by atoms with Crippen LogP contribution in [0, 0.1) is 0 Å². The number of carbonyl (C=O) groups excluding carboxylic acids is 2. The number of carbonyl (C=O) groups is 2. The number of ether oxygens (including phenoxy) is 1. The molecule has 0 aliphatic carbocycles. The fourth-order valence-electron chi connectivity index (χ4n) is 3.14. The number of imide groups is 1. The Bertz CT molecular complexity index is 849. The minimum Gasteiger partial charge on any atom is -0.494 e. The zero-order valence-corrected chi connectivity index (χ0v) is 16.2. The van der Waals surface area contributed by atoms with Gasteiger partial charge in [0.2, 0.25) is 0 Å². The molecule has 2 aromatic carbocycles. The number of benzene rings is 2.